The fourth-order valence-electron chi connectivity index (χ4n) is 2.04. The Morgan fingerprint density at radius 3 is 2.83 bits per heavy atom. The van der Waals surface area contributed by atoms with E-state index in [4.69, 9.17) is 0 Å². The molecule has 0 aliphatic heterocycles. The second-order valence-electron chi connectivity index (χ2n) is 4.44. The van der Waals surface area contributed by atoms with Gasteiger partial charge in [-0.15, -0.1) is 0 Å². The predicted molar refractivity (Wildman–Crippen MR) is 70.4 cm³/mol. The van der Waals surface area contributed by atoms with E-state index in [0.29, 0.717) is 0 Å². The minimum Gasteiger partial charge on any atom is -0.310 e. The summed E-state index contributed by atoms with van der Waals surface area (Å²) < 4.78 is 15.2. The van der Waals surface area contributed by atoms with Crippen molar-refractivity contribution in [1.29, 1.82) is 0 Å². The molecule has 2 aromatic rings. The standard InChI is InChI=1S/C14H18FN3/c1-4-16-11(3)13-7-12(15)5-6-14(13)18-9-10(2)8-17-18/h5-9,11,16H,4H2,1-3H3. The lowest BCUT2D eigenvalue weighted by Crippen LogP contribution is -2.19. The van der Waals surface area contributed by atoms with Crippen LogP contribution in [-0.4, -0.2) is 16.3 Å². The van der Waals surface area contributed by atoms with Crippen LogP contribution in [-0.2, 0) is 0 Å². The van der Waals surface area contributed by atoms with Gasteiger partial charge in [-0.2, -0.15) is 5.10 Å². The molecule has 18 heavy (non-hydrogen) atoms. The minimum atomic E-state index is -0.220. The maximum atomic E-state index is 13.4. The molecule has 1 heterocycles. The molecular formula is C14H18FN3. The molecule has 0 aliphatic rings. The Balaban J connectivity index is 2.46. The smallest absolute Gasteiger partial charge is 0.123 e. The van der Waals surface area contributed by atoms with Crippen molar-refractivity contribution in [3.8, 4) is 5.69 Å². The van der Waals surface area contributed by atoms with E-state index in [1.54, 1.807) is 23.0 Å². The molecule has 3 nitrogen and oxygen atoms in total. The third-order valence-electron chi connectivity index (χ3n) is 2.92. The van der Waals surface area contributed by atoms with Crippen LogP contribution < -0.4 is 5.32 Å². The Morgan fingerprint density at radius 1 is 1.44 bits per heavy atom. The van der Waals surface area contributed by atoms with Crippen molar-refractivity contribution in [1.82, 2.24) is 15.1 Å². The van der Waals surface area contributed by atoms with Gasteiger partial charge in [-0.05, 0) is 49.7 Å². The zero-order valence-corrected chi connectivity index (χ0v) is 10.9. The summed E-state index contributed by atoms with van der Waals surface area (Å²) in [7, 11) is 0. The van der Waals surface area contributed by atoms with E-state index in [1.165, 1.54) is 6.07 Å². The van der Waals surface area contributed by atoms with Crippen LogP contribution in [0.2, 0.25) is 0 Å². The van der Waals surface area contributed by atoms with Crippen molar-refractivity contribution in [3.63, 3.8) is 0 Å². The Morgan fingerprint density at radius 2 is 2.22 bits per heavy atom. The van der Waals surface area contributed by atoms with Crippen LogP contribution in [0.5, 0.6) is 0 Å². The van der Waals surface area contributed by atoms with Crippen LogP contribution in [0.15, 0.2) is 30.6 Å². The second-order valence-corrected chi connectivity index (χ2v) is 4.44. The molecule has 0 saturated carbocycles. The first-order valence-electron chi connectivity index (χ1n) is 6.16. The molecule has 0 saturated heterocycles. The van der Waals surface area contributed by atoms with E-state index < -0.39 is 0 Å². The highest BCUT2D eigenvalue weighted by Gasteiger charge is 2.12. The van der Waals surface area contributed by atoms with Gasteiger partial charge in [0.15, 0.2) is 0 Å². The first-order chi connectivity index (χ1) is 8.61. The van der Waals surface area contributed by atoms with Crippen LogP contribution >= 0.6 is 0 Å². The number of aryl methyl sites for hydroxylation is 1. The number of nitrogens with zero attached hydrogens (tertiary/aromatic N) is 2. The van der Waals surface area contributed by atoms with Gasteiger partial charge in [0.2, 0.25) is 0 Å². The van der Waals surface area contributed by atoms with Crippen molar-refractivity contribution in [2.24, 2.45) is 0 Å². The highest BCUT2D eigenvalue weighted by molar-refractivity contribution is 5.43. The second kappa shape index (κ2) is 5.31. The van der Waals surface area contributed by atoms with Crippen LogP contribution in [0.1, 0.15) is 31.0 Å². The fraction of sp³-hybridized carbons (Fsp3) is 0.357. The van der Waals surface area contributed by atoms with E-state index >= 15 is 0 Å². The molecule has 0 amide bonds. The van der Waals surface area contributed by atoms with Crippen molar-refractivity contribution < 1.29 is 4.39 Å². The molecule has 2 rings (SSSR count). The number of hydrogen-bond donors (Lipinski definition) is 1. The van der Waals surface area contributed by atoms with Crippen LogP contribution in [0, 0.1) is 12.7 Å². The maximum absolute atomic E-state index is 13.4. The summed E-state index contributed by atoms with van der Waals surface area (Å²) in [6.45, 7) is 6.89. The number of hydrogen-bond acceptors (Lipinski definition) is 2. The summed E-state index contributed by atoms with van der Waals surface area (Å²) >= 11 is 0. The van der Waals surface area contributed by atoms with Crippen molar-refractivity contribution in [3.05, 3.63) is 47.5 Å². The number of aromatic nitrogens is 2. The van der Waals surface area contributed by atoms with Crippen molar-refractivity contribution in [2.75, 3.05) is 6.54 Å². The van der Waals surface area contributed by atoms with Gasteiger partial charge in [0, 0.05) is 12.2 Å². The predicted octanol–water partition coefficient (Wildman–Crippen LogP) is 2.99. The topological polar surface area (TPSA) is 29.9 Å². The van der Waals surface area contributed by atoms with E-state index in [1.807, 2.05) is 27.0 Å². The van der Waals surface area contributed by atoms with Crippen LogP contribution in [0.25, 0.3) is 5.69 Å². The van der Waals surface area contributed by atoms with Crippen molar-refractivity contribution >= 4 is 0 Å². The van der Waals surface area contributed by atoms with E-state index in [2.05, 4.69) is 10.4 Å². The highest BCUT2D eigenvalue weighted by Crippen LogP contribution is 2.22. The number of rotatable bonds is 4. The largest absolute Gasteiger partial charge is 0.310 e. The lowest BCUT2D eigenvalue weighted by atomic mass is 10.1. The molecule has 1 atom stereocenters. The maximum Gasteiger partial charge on any atom is 0.123 e. The zero-order chi connectivity index (χ0) is 13.1. The van der Waals surface area contributed by atoms with Crippen LogP contribution in [0.3, 0.4) is 0 Å². The van der Waals surface area contributed by atoms with Crippen LogP contribution in [0.4, 0.5) is 4.39 Å². The normalized spacial score (nSPS) is 12.7. The van der Waals surface area contributed by atoms with Gasteiger partial charge in [-0.1, -0.05) is 6.92 Å². The van der Waals surface area contributed by atoms with E-state index in [0.717, 1.165) is 23.4 Å². The lowest BCUT2D eigenvalue weighted by Gasteiger charge is -2.17. The molecule has 1 aromatic carbocycles. The molecule has 1 N–H and O–H groups in total. The molecule has 0 bridgehead atoms. The molecule has 4 heteroatoms. The molecule has 0 spiro atoms. The molecule has 0 aliphatic carbocycles. The number of benzene rings is 1. The van der Waals surface area contributed by atoms with Gasteiger partial charge < -0.3 is 5.32 Å². The summed E-state index contributed by atoms with van der Waals surface area (Å²) in [6, 6.07) is 4.89. The van der Waals surface area contributed by atoms with Gasteiger partial charge in [-0.3, -0.25) is 0 Å². The summed E-state index contributed by atoms with van der Waals surface area (Å²) in [6.07, 6.45) is 3.74. The van der Waals surface area contributed by atoms with Gasteiger partial charge in [-0.25, -0.2) is 9.07 Å². The summed E-state index contributed by atoms with van der Waals surface area (Å²) in [5, 5.41) is 7.58. The Bertz CT molecular complexity index is 534. The molecule has 0 radical (unpaired) electrons. The number of halogens is 1. The molecule has 1 aromatic heterocycles. The van der Waals surface area contributed by atoms with Gasteiger partial charge in [0.25, 0.3) is 0 Å². The zero-order valence-electron chi connectivity index (χ0n) is 10.9. The first-order valence-corrected chi connectivity index (χ1v) is 6.16. The summed E-state index contributed by atoms with van der Waals surface area (Å²) in [5.74, 6) is -0.220. The highest BCUT2D eigenvalue weighted by atomic mass is 19.1. The minimum absolute atomic E-state index is 0.0882. The Labute approximate surface area is 107 Å². The summed E-state index contributed by atoms with van der Waals surface area (Å²) in [5.41, 5.74) is 2.92. The Hall–Kier alpha value is -1.68. The van der Waals surface area contributed by atoms with E-state index in [-0.39, 0.29) is 11.9 Å². The third kappa shape index (κ3) is 2.59. The SMILES string of the molecule is CCNC(C)c1cc(F)ccc1-n1cc(C)cn1. The number of nitrogens with one attached hydrogen (secondary N) is 1. The average molecular weight is 247 g/mol. The monoisotopic (exact) mass is 247 g/mol. The molecule has 0 fully saturated rings. The van der Waals surface area contributed by atoms with E-state index in [9.17, 15) is 4.39 Å². The quantitative estimate of drug-likeness (QED) is 0.900. The van der Waals surface area contributed by atoms with Gasteiger partial charge >= 0.3 is 0 Å². The molecular weight excluding hydrogens is 229 g/mol. The van der Waals surface area contributed by atoms with Crippen molar-refractivity contribution in [2.45, 2.75) is 26.8 Å². The third-order valence-corrected chi connectivity index (χ3v) is 2.92. The molecule has 96 valence electrons. The first kappa shape index (κ1) is 12.8. The molecule has 1 unspecified atom stereocenters. The lowest BCUT2D eigenvalue weighted by molar-refractivity contribution is 0.578. The summed E-state index contributed by atoms with van der Waals surface area (Å²) in [4.78, 5) is 0. The average Bonchev–Trinajstić information content (AvgIpc) is 2.76. The Kier molecular flexibility index (Phi) is 3.77. The van der Waals surface area contributed by atoms with Gasteiger partial charge in [0.05, 0.1) is 11.9 Å². The fourth-order valence-corrected chi connectivity index (χ4v) is 2.04. The van der Waals surface area contributed by atoms with Gasteiger partial charge in [0.1, 0.15) is 5.82 Å².